The average Bonchev–Trinajstić information content (AvgIpc) is 3.33. The summed E-state index contributed by atoms with van der Waals surface area (Å²) in [7, 11) is 0. The highest BCUT2D eigenvalue weighted by molar-refractivity contribution is 7.17. The molecule has 3 aromatic heterocycles. The van der Waals surface area contributed by atoms with Gasteiger partial charge in [0, 0.05) is 18.4 Å². The van der Waals surface area contributed by atoms with Gasteiger partial charge in [-0.25, -0.2) is 4.98 Å². The third-order valence-corrected chi connectivity index (χ3v) is 5.60. The van der Waals surface area contributed by atoms with Crippen LogP contribution in [-0.2, 0) is 0 Å². The lowest BCUT2D eigenvalue weighted by atomic mass is 10.1. The number of thiazole rings is 1. The number of H-pyrrole nitrogens is 1. The minimum absolute atomic E-state index is 0.0663. The van der Waals surface area contributed by atoms with E-state index in [1.807, 2.05) is 49.2 Å². The van der Waals surface area contributed by atoms with E-state index in [-0.39, 0.29) is 11.9 Å². The lowest BCUT2D eigenvalue weighted by Crippen LogP contribution is -2.30. The summed E-state index contributed by atoms with van der Waals surface area (Å²) in [5.74, 6) is 1.63. The Labute approximate surface area is 144 Å². The molecule has 4 heterocycles. The molecule has 4 rings (SSSR count). The summed E-state index contributed by atoms with van der Waals surface area (Å²) in [4.78, 5) is 23.5. The van der Waals surface area contributed by atoms with Crippen LogP contribution in [0.25, 0.3) is 10.8 Å². The van der Waals surface area contributed by atoms with E-state index in [9.17, 15) is 4.79 Å². The Balaban J connectivity index is 1.64. The van der Waals surface area contributed by atoms with Gasteiger partial charge in [0.05, 0.1) is 11.7 Å². The Morgan fingerprint density at radius 1 is 1.38 bits per heavy atom. The molecule has 0 aromatic carbocycles. The van der Waals surface area contributed by atoms with Crippen LogP contribution in [-0.4, -0.2) is 27.3 Å². The normalized spacial score (nSPS) is 17.6. The Bertz CT molecular complexity index is 863. The molecule has 24 heavy (non-hydrogen) atoms. The first-order chi connectivity index (χ1) is 11.6. The molecule has 1 atom stereocenters. The Kier molecular flexibility index (Phi) is 3.76. The van der Waals surface area contributed by atoms with Crippen LogP contribution in [0.4, 0.5) is 0 Å². The minimum atomic E-state index is 0.0663. The number of aryl methyl sites for hydroxylation is 2. The van der Waals surface area contributed by atoms with Crippen molar-refractivity contribution in [3.8, 4) is 10.8 Å². The SMILES string of the molecule is Cc1ccc(-c2nc(C)c(C(=O)N3CCC[C@H]3c3ccc[nH]3)s2)o1. The lowest BCUT2D eigenvalue weighted by molar-refractivity contribution is 0.0737. The van der Waals surface area contributed by atoms with E-state index in [1.54, 1.807) is 0 Å². The largest absolute Gasteiger partial charge is 0.459 e. The van der Waals surface area contributed by atoms with Crippen LogP contribution in [0.3, 0.4) is 0 Å². The third-order valence-electron chi connectivity index (χ3n) is 4.44. The Hall–Kier alpha value is -2.34. The van der Waals surface area contributed by atoms with Crippen molar-refractivity contribution in [2.75, 3.05) is 6.54 Å². The predicted molar refractivity (Wildman–Crippen MR) is 93.1 cm³/mol. The van der Waals surface area contributed by atoms with Gasteiger partial charge in [-0.2, -0.15) is 0 Å². The number of rotatable bonds is 3. The van der Waals surface area contributed by atoms with Gasteiger partial charge in [0.1, 0.15) is 10.6 Å². The maximum atomic E-state index is 13.1. The fourth-order valence-electron chi connectivity index (χ4n) is 3.26. The molecule has 0 aliphatic carbocycles. The van der Waals surface area contributed by atoms with Crippen molar-refractivity contribution in [1.82, 2.24) is 14.9 Å². The van der Waals surface area contributed by atoms with E-state index < -0.39 is 0 Å². The number of aromatic nitrogens is 2. The topological polar surface area (TPSA) is 62.1 Å². The van der Waals surface area contributed by atoms with Crippen LogP contribution >= 0.6 is 11.3 Å². The van der Waals surface area contributed by atoms with Crippen LogP contribution in [0, 0.1) is 13.8 Å². The highest BCUT2D eigenvalue weighted by atomic mass is 32.1. The molecule has 0 unspecified atom stereocenters. The molecule has 1 aliphatic heterocycles. The van der Waals surface area contributed by atoms with Gasteiger partial charge in [0.25, 0.3) is 5.91 Å². The van der Waals surface area contributed by atoms with Crippen molar-refractivity contribution in [2.24, 2.45) is 0 Å². The number of carbonyl (C=O) groups is 1. The fraction of sp³-hybridized carbons (Fsp3) is 0.333. The number of carbonyl (C=O) groups excluding carboxylic acids is 1. The molecule has 124 valence electrons. The summed E-state index contributed by atoms with van der Waals surface area (Å²) in [6, 6.07) is 7.97. The second-order valence-electron chi connectivity index (χ2n) is 6.13. The van der Waals surface area contributed by atoms with Crippen LogP contribution in [0.1, 0.15) is 45.7 Å². The second-order valence-corrected chi connectivity index (χ2v) is 7.12. The summed E-state index contributed by atoms with van der Waals surface area (Å²) in [6.45, 7) is 4.58. The van der Waals surface area contributed by atoms with Crippen molar-refractivity contribution in [1.29, 1.82) is 0 Å². The van der Waals surface area contributed by atoms with Crippen molar-refractivity contribution in [2.45, 2.75) is 32.7 Å². The molecule has 0 saturated carbocycles. The number of furan rings is 1. The van der Waals surface area contributed by atoms with E-state index >= 15 is 0 Å². The molecule has 0 bridgehead atoms. The second kappa shape index (κ2) is 5.94. The zero-order chi connectivity index (χ0) is 16.7. The molecule has 3 aromatic rings. The van der Waals surface area contributed by atoms with Gasteiger partial charge in [-0.3, -0.25) is 4.79 Å². The summed E-state index contributed by atoms with van der Waals surface area (Å²) in [5.41, 5.74) is 1.87. The molecule has 5 nitrogen and oxygen atoms in total. The number of hydrogen-bond donors (Lipinski definition) is 1. The summed E-state index contributed by atoms with van der Waals surface area (Å²) < 4.78 is 5.64. The Morgan fingerprint density at radius 2 is 2.25 bits per heavy atom. The van der Waals surface area contributed by atoms with E-state index in [4.69, 9.17) is 4.42 Å². The molecule has 0 spiro atoms. The molecule has 1 saturated heterocycles. The maximum Gasteiger partial charge on any atom is 0.266 e. The van der Waals surface area contributed by atoms with Gasteiger partial charge in [0.15, 0.2) is 10.8 Å². The van der Waals surface area contributed by atoms with E-state index in [2.05, 4.69) is 9.97 Å². The number of aromatic amines is 1. The molecule has 1 amide bonds. The lowest BCUT2D eigenvalue weighted by Gasteiger charge is -2.23. The van der Waals surface area contributed by atoms with Crippen molar-refractivity contribution < 1.29 is 9.21 Å². The van der Waals surface area contributed by atoms with Gasteiger partial charge in [0.2, 0.25) is 0 Å². The predicted octanol–water partition coefficient (Wildman–Crippen LogP) is 4.33. The molecular weight excluding hydrogens is 322 g/mol. The first-order valence-electron chi connectivity index (χ1n) is 8.12. The molecule has 6 heteroatoms. The number of likely N-dealkylation sites (tertiary alicyclic amines) is 1. The third kappa shape index (κ3) is 2.57. The zero-order valence-electron chi connectivity index (χ0n) is 13.7. The van der Waals surface area contributed by atoms with Gasteiger partial charge < -0.3 is 14.3 Å². The maximum absolute atomic E-state index is 13.1. The first-order valence-corrected chi connectivity index (χ1v) is 8.93. The first kappa shape index (κ1) is 15.2. The standard InChI is InChI=1S/C18H19N3O2S/c1-11-7-8-15(23-11)17-20-12(2)16(24-17)18(22)21-10-4-6-14(21)13-5-3-9-19-13/h3,5,7-9,14,19H,4,6,10H2,1-2H3/t14-/m0/s1. The molecule has 1 aliphatic rings. The monoisotopic (exact) mass is 341 g/mol. The van der Waals surface area contributed by atoms with Crippen molar-refractivity contribution in [3.05, 3.63) is 52.5 Å². The molecule has 1 N–H and O–H groups in total. The Morgan fingerprint density at radius 3 is 2.96 bits per heavy atom. The van der Waals surface area contributed by atoms with Crippen LogP contribution < -0.4 is 0 Å². The summed E-state index contributed by atoms with van der Waals surface area (Å²) in [5, 5.41) is 0.763. The minimum Gasteiger partial charge on any atom is -0.459 e. The number of nitrogens with zero attached hydrogens (tertiary/aromatic N) is 2. The van der Waals surface area contributed by atoms with Gasteiger partial charge in [-0.1, -0.05) is 0 Å². The number of nitrogens with one attached hydrogen (secondary N) is 1. The molecule has 1 fully saturated rings. The quantitative estimate of drug-likeness (QED) is 0.771. The van der Waals surface area contributed by atoms with Crippen LogP contribution in [0.2, 0.25) is 0 Å². The van der Waals surface area contributed by atoms with Gasteiger partial charge in [-0.05, 0) is 51.0 Å². The van der Waals surface area contributed by atoms with E-state index in [0.717, 1.165) is 47.3 Å². The smallest absolute Gasteiger partial charge is 0.266 e. The van der Waals surface area contributed by atoms with Gasteiger partial charge >= 0.3 is 0 Å². The highest BCUT2D eigenvalue weighted by Gasteiger charge is 2.33. The van der Waals surface area contributed by atoms with Crippen molar-refractivity contribution in [3.63, 3.8) is 0 Å². The number of hydrogen-bond acceptors (Lipinski definition) is 4. The van der Waals surface area contributed by atoms with E-state index in [0.29, 0.717) is 4.88 Å². The summed E-state index contributed by atoms with van der Waals surface area (Å²) in [6.07, 6.45) is 3.93. The fourth-order valence-corrected chi connectivity index (χ4v) is 4.25. The van der Waals surface area contributed by atoms with E-state index in [1.165, 1.54) is 11.3 Å². The van der Waals surface area contributed by atoms with Crippen LogP contribution in [0.5, 0.6) is 0 Å². The summed E-state index contributed by atoms with van der Waals surface area (Å²) >= 11 is 1.41. The van der Waals surface area contributed by atoms with Crippen LogP contribution in [0.15, 0.2) is 34.9 Å². The highest BCUT2D eigenvalue weighted by Crippen LogP contribution is 2.35. The van der Waals surface area contributed by atoms with Crippen molar-refractivity contribution >= 4 is 17.2 Å². The zero-order valence-corrected chi connectivity index (χ0v) is 14.5. The number of amides is 1. The van der Waals surface area contributed by atoms with Gasteiger partial charge in [-0.15, -0.1) is 11.3 Å². The molecular formula is C18H19N3O2S. The average molecular weight is 341 g/mol. The molecule has 0 radical (unpaired) electrons.